The Bertz CT molecular complexity index is 445. The van der Waals surface area contributed by atoms with Crippen LogP contribution in [0.5, 0.6) is 0 Å². The first-order valence-electron chi connectivity index (χ1n) is 7.64. The molecule has 0 aromatic carbocycles. The van der Waals surface area contributed by atoms with E-state index in [1.165, 1.54) is 13.5 Å². The summed E-state index contributed by atoms with van der Waals surface area (Å²) in [4.78, 5) is 11.5. The SMILES string of the molecule is COC(=O)C(Br)C1=C/C=C\CCCC=C1C1CCCCO1. The minimum atomic E-state index is -0.443. The first-order valence-corrected chi connectivity index (χ1v) is 8.56. The number of alkyl halides is 1. The largest absolute Gasteiger partial charge is 0.468 e. The van der Waals surface area contributed by atoms with Gasteiger partial charge in [0.05, 0.1) is 13.2 Å². The summed E-state index contributed by atoms with van der Waals surface area (Å²) in [5.41, 5.74) is 2.11. The number of esters is 1. The van der Waals surface area contributed by atoms with Gasteiger partial charge in [0, 0.05) is 6.61 Å². The number of rotatable bonds is 3. The van der Waals surface area contributed by atoms with Gasteiger partial charge in [0.25, 0.3) is 0 Å². The van der Waals surface area contributed by atoms with Gasteiger partial charge in [-0.15, -0.1) is 0 Å². The highest BCUT2D eigenvalue weighted by molar-refractivity contribution is 9.10. The van der Waals surface area contributed by atoms with Gasteiger partial charge in [-0.2, -0.15) is 0 Å². The highest BCUT2D eigenvalue weighted by Gasteiger charge is 2.28. The Balaban J connectivity index is 2.30. The van der Waals surface area contributed by atoms with Gasteiger partial charge in [-0.3, -0.25) is 4.79 Å². The lowest BCUT2D eigenvalue weighted by Gasteiger charge is -2.28. The molecule has 1 aliphatic heterocycles. The van der Waals surface area contributed by atoms with Crippen LogP contribution in [0.3, 0.4) is 0 Å². The van der Waals surface area contributed by atoms with E-state index in [9.17, 15) is 4.79 Å². The third-order valence-electron chi connectivity index (χ3n) is 3.89. The number of halogens is 1. The average Bonchev–Trinajstić information content (AvgIpc) is 2.66. The van der Waals surface area contributed by atoms with Gasteiger partial charge in [0.15, 0.2) is 0 Å². The lowest BCUT2D eigenvalue weighted by atomic mass is 9.91. The molecule has 2 rings (SSSR count). The van der Waals surface area contributed by atoms with Gasteiger partial charge in [0.1, 0.15) is 4.83 Å². The summed E-state index contributed by atoms with van der Waals surface area (Å²) in [6, 6.07) is 0. The smallest absolute Gasteiger partial charge is 0.324 e. The zero-order valence-corrected chi connectivity index (χ0v) is 14.1. The molecule has 1 fully saturated rings. The molecular formula is C17H23BrO3. The Morgan fingerprint density at radius 3 is 2.95 bits per heavy atom. The molecule has 0 radical (unpaired) electrons. The number of allylic oxidation sites excluding steroid dienone is 4. The van der Waals surface area contributed by atoms with Gasteiger partial charge >= 0.3 is 5.97 Å². The topological polar surface area (TPSA) is 35.5 Å². The lowest BCUT2D eigenvalue weighted by Crippen LogP contribution is -2.27. The summed E-state index contributed by atoms with van der Waals surface area (Å²) in [6.45, 7) is 0.802. The van der Waals surface area contributed by atoms with E-state index in [0.717, 1.165) is 49.9 Å². The summed E-state index contributed by atoms with van der Waals surface area (Å²) >= 11 is 3.48. The third-order valence-corrected chi connectivity index (χ3v) is 4.76. The van der Waals surface area contributed by atoms with Gasteiger partial charge in [-0.05, 0) is 49.7 Å². The van der Waals surface area contributed by atoms with E-state index < -0.39 is 4.83 Å². The van der Waals surface area contributed by atoms with E-state index in [2.05, 4.69) is 28.1 Å². The van der Waals surface area contributed by atoms with E-state index in [1.807, 2.05) is 12.2 Å². The van der Waals surface area contributed by atoms with Crippen molar-refractivity contribution in [2.75, 3.05) is 13.7 Å². The maximum Gasteiger partial charge on any atom is 0.324 e. The molecule has 0 N–H and O–H groups in total. The molecule has 2 atom stereocenters. The molecule has 4 heteroatoms. The van der Waals surface area contributed by atoms with Gasteiger partial charge < -0.3 is 9.47 Å². The van der Waals surface area contributed by atoms with Crippen LogP contribution in [-0.2, 0) is 14.3 Å². The van der Waals surface area contributed by atoms with Crippen LogP contribution < -0.4 is 0 Å². The number of hydrogen-bond acceptors (Lipinski definition) is 3. The van der Waals surface area contributed by atoms with E-state index in [0.29, 0.717) is 0 Å². The second-order valence-electron chi connectivity index (χ2n) is 5.38. The molecule has 0 aromatic rings. The Hall–Kier alpha value is -0.870. The van der Waals surface area contributed by atoms with Crippen LogP contribution in [0.25, 0.3) is 0 Å². The first-order chi connectivity index (χ1) is 10.2. The van der Waals surface area contributed by atoms with Crippen LogP contribution in [0.4, 0.5) is 0 Å². The normalized spacial score (nSPS) is 26.5. The number of ether oxygens (including phenoxy) is 2. The van der Waals surface area contributed by atoms with Crippen molar-refractivity contribution in [2.24, 2.45) is 0 Å². The molecule has 1 heterocycles. The number of carbonyl (C=O) groups is 1. The number of carbonyl (C=O) groups excluding carboxylic acids is 1. The monoisotopic (exact) mass is 354 g/mol. The molecule has 21 heavy (non-hydrogen) atoms. The molecule has 0 spiro atoms. The van der Waals surface area contributed by atoms with E-state index in [-0.39, 0.29) is 12.1 Å². The van der Waals surface area contributed by atoms with E-state index in [4.69, 9.17) is 9.47 Å². The number of hydrogen-bond donors (Lipinski definition) is 0. The van der Waals surface area contributed by atoms with Crippen LogP contribution in [0.1, 0.15) is 38.5 Å². The molecule has 2 aliphatic rings. The molecule has 116 valence electrons. The minimum absolute atomic E-state index is 0.0983. The second kappa shape index (κ2) is 8.54. The summed E-state index contributed by atoms with van der Waals surface area (Å²) in [7, 11) is 1.42. The van der Waals surface area contributed by atoms with Crippen molar-refractivity contribution >= 4 is 21.9 Å². The van der Waals surface area contributed by atoms with Gasteiger partial charge in [0.2, 0.25) is 0 Å². The van der Waals surface area contributed by atoms with Crippen LogP contribution in [0, 0.1) is 0 Å². The summed E-state index contributed by atoms with van der Waals surface area (Å²) in [5, 5.41) is 0. The molecule has 3 nitrogen and oxygen atoms in total. The zero-order chi connectivity index (χ0) is 15.1. The van der Waals surface area contributed by atoms with E-state index in [1.54, 1.807) is 0 Å². The van der Waals surface area contributed by atoms with Crippen molar-refractivity contribution in [2.45, 2.75) is 49.5 Å². The second-order valence-corrected chi connectivity index (χ2v) is 6.30. The molecule has 0 aromatic heterocycles. The molecular weight excluding hydrogens is 332 g/mol. The lowest BCUT2D eigenvalue weighted by molar-refractivity contribution is -0.139. The van der Waals surface area contributed by atoms with Crippen molar-refractivity contribution in [3.05, 3.63) is 35.5 Å². The standard InChI is InChI=1S/C17H23BrO3/c1-20-17(19)16(18)14-10-6-4-2-3-5-9-13(14)15-11-7-8-12-21-15/h4,6,9-10,15-16H,2-3,5,7-8,11-12H2,1H3/b6-4-,13-9?,14-10?. The Kier molecular flexibility index (Phi) is 6.71. The van der Waals surface area contributed by atoms with Crippen LogP contribution in [0.2, 0.25) is 0 Å². The Morgan fingerprint density at radius 2 is 2.24 bits per heavy atom. The van der Waals surface area contributed by atoms with Crippen LogP contribution >= 0.6 is 15.9 Å². The minimum Gasteiger partial charge on any atom is -0.468 e. The van der Waals surface area contributed by atoms with Crippen molar-refractivity contribution in [1.82, 2.24) is 0 Å². The summed E-state index contributed by atoms with van der Waals surface area (Å²) < 4.78 is 10.8. The third kappa shape index (κ3) is 4.55. The predicted octanol–water partition coefficient (Wildman–Crippen LogP) is 4.08. The predicted molar refractivity (Wildman–Crippen MR) is 87.5 cm³/mol. The maximum atomic E-state index is 11.9. The van der Waals surface area contributed by atoms with Crippen LogP contribution in [0.15, 0.2) is 35.5 Å². The zero-order valence-electron chi connectivity index (χ0n) is 12.5. The summed E-state index contributed by atoms with van der Waals surface area (Å²) in [6.07, 6.45) is 15.1. The average molecular weight is 355 g/mol. The van der Waals surface area contributed by atoms with Gasteiger partial charge in [-0.25, -0.2) is 0 Å². The van der Waals surface area contributed by atoms with Gasteiger partial charge in [-0.1, -0.05) is 40.2 Å². The molecule has 1 saturated heterocycles. The fraction of sp³-hybridized carbons (Fsp3) is 0.588. The Morgan fingerprint density at radius 1 is 1.38 bits per heavy atom. The van der Waals surface area contributed by atoms with Crippen molar-refractivity contribution in [3.63, 3.8) is 0 Å². The molecule has 2 unspecified atom stereocenters. The molecule has 0 bridgehead atoms. The van der Waals surface area contributed by atoms with Crippen LogP contribution in [-0.4, -0.2) is 30.6 Å². The van der Waals surface area contributed by atoms with E-state index >= 15 is 0 Å². The quantitative estimate of drug-likeness (QED) is 0.565. The van der Waals surface area contributed by atoms with Crippen molar-refractivity contribution in [3.8, 4) is 0 Å². The summed E-state index contributed by atoms with van der Waals surface area (Å²) in [5.74, 6) is -0.268. The fourth-order valence-corrected chi connectivity index (χ4v) is 3.34. The first kappa shape index (κ1) is 16.5. The Labute approximate surface area is 135 Å². The van der Waals surface area contributed by atoms with Crippen molar-refractivity contribution in [1.29, 1.82) is 0 Å². The highest BCUT2D eigenvalue weighted by Crippen LogP contribution is 2.31. The molecule has 0 saturated carbocycles. The highest BCUT2D eigenvalue weighted by atomic mass is 79.9. The maximum absolute atomic E-state index is 11.9. The molecule has 1 aliphatic carbocycles. The van der Waals surface area contributed by atoms with Crippen molar-refractivity contribution < 1.29 is 14.3 Å². The number of methoxy groups -OCH3 is 1. The fourth-order valence-electron chi connectivity index (χ4n) is 2.74. The molecule has 0 amide bonds.